The first-order chi connectivity index (χ1) is 14.6. The van der Waals surface area contributed by atoms with Crippen LogP contribution in [0.25, 0.3) is 10.6 Å². The Balaban J connectivity index is 0.00000181. The number of anilines is 3. The number of aromatic nitrogens is 3. The highest BCUT2D eigenvalue weighted by molar-refractivity contribution is 7.18. The van der Waals surface area contributed by atoms with E-state index in [-0.39, 0.29) is 30.7 Å². The van der Waals surface area contributed by atoms with Crippen molar-refractivity contribution in [2.45, 2.75) is 25.7 Å². The highest BCUT2D eigenvalue weighted by Gasteiger charge is 2.27. The topological polar surface area (TPSA) is 91.2 Å². The van der Waals surface area contributed by atoms with E-state index in [9.17, 15) is 4.79 Å². The van der Waals surface area contributed by atoms with Crippen LogP contribution < -0.4 is 10.2 Å². The van der Waals surface area contributed by atoms with Crippen molar-refractivity contribution in [1.29, 1.82) is 0 Å². The molecule has 0 amide bonds. The molecule has 172 valence electrons. The van der Waals surface area contributed by atoms with E-state index in [0.717, 1.165) is 59.6 Å². The number of nitrogens with zero attached hydrogens (tertiary/aromatic N) is 4. The van der Waals surface area contributed by atoms with Crippen molar-refractivity contribution in [2.75, 3.05) is 23.8 Å². The van der Waals surface area contributed by atoms with Gasteiger partial charge in [0.15, 0.2) is 5.13 Å². The molecule has 1 aliphatic rings. The van der Waals surface area contributed by atoms with Crippen molar-refractivity contribution in [2.24, 2.45) is 11.8 Å². The Morgan fingerprint density at radius 2 is 1.84 bits per heavy atom. The van der Waals surface area contributed by atoms with Gasteiger partial charge in [0.05, 0.1) is 16.5 Å². The third-order valence-corrected chi connectivity index (χ3v) is 6.60. The molecule has 0 aliphatic heterocycles. The van der Waals surface area contributed by atoms with Gasteiger partial charge in [-0.05, 0) is 55.9 Å². The molecule has 10 heteroatoms. The zero-order chi connectivity index (χ0) is 20.9. The van der Waals surface area contributed by atoms with Crippen LogP contribution >= 0.6 is 36.2 Å². The lowest BCUT2D eigenvalue weighted by Gasteiger charge is -2.29. The van der Waals surface area contributed by atoms with Crippen LogP contribution in [0.5, 0.6) is 0 Å². The van der Waals surface area contributed by atoms with Gasteiger partial charge in [0.2, 0.25) is 0 Å². The summed E-state index contributed by atoms with van der Waals surface area (Å²) in [4.78, 5) is 27.9. The summed E-state index contributed by atoms with van der Waals surface area (Å²) in [5.74, 6) is 1.19. The Kier molecular flexibility index (Phi) is 9.68. The number of hydrogen-bond donors (Lipinski definition) is 2. The fraction of sp³-hybridized carbons (Fsp3) is 0.364. The first kappa shape index (κ1) is 25.8. The van der Waals surface area contributed by atoms with Crippen LogP contribution in [0.3, 0.4) is 0 Å². The summed E-state index contributed by atoms with van der Waals surface area (Å²) in [6.45, 7) is 0.897. The van der Waals surface area contributed by atoms with E-state index in [4.69, 9.17) is 10.1 Å². The molecule has 1 saturated carbocycles. The predicted octanol–water partition coefficient (Wildman–Crippen LogP) is 5.51. The summed E-state index contributed by atoms with van der Waals surface area (Å²) in [7, 11) is 2.05. The highest BCUT2D eigenvalue weighted by atomic mass is 35.5. The monoisotopic (exact) mass is 495 g/mol. The van der Waals surface area contributed by atoms with Gasteiger partial charge in [-0.25, -0.2) is 15.0 Å². The number of carbonyl (C=O) groups is 1. The third kappa shape index (κ3) is 6.54. The zero-order valence-corrected chi connectivity index (χ0v) is 20.1. The maximum atomic E-state index is 11.1. The SMILES string of the molecule is CN(C[C@H]1CC[C@H](C(=O)O)CC1)c1ncc(-c2cccc(Nc3ccccn3)n2)s1.Cl.Cl. The molecule has 0 spiro atoms. The molecule has 1 fully saturated rings. The lowest BCUT2D eigenvalue weighted by molar-refractivity contribution is -0.143. The molecule has 1 aliphatic carbocycles. The van der Waals surface area contributed by atoms with Crippen molar-refractivity contribution < 1.29 is 9.90 Å². The average molecular weight is 496 g/mol. The molecule has 3 aromatic rings. The Bertz CT molecular complexity index is 997. The Morgan fingerprint density at radius 1 is 1.09 bits per heavy atom. The third-order valence-electron chi connectivity index (χ3n) is 5.47. The molecular weight excluding hydrogens is 469 g/mol. The molecule has 0 unspecified atom stereocenters. The van der Waals surface area contributed by atoms with Gasteiger partial charge in [-0.3, -0.25) is 4.79 Å². The molecule has 3 heterocycles. The maximum absolute atomic E-state index is 11.1. The van der Waals surface area contributed by atoms with E-state index >= 15 is 0 Å². The van der Waals surface area contributed by atoms with Crippen molar-refractivity contribution in [3.8, 4) is 10.6 Å². The van der Waals surface area contributed by atoms with Crippen molar-refractivity contribution >= 4 is 58.9 Å². The molecule has 0 saturated heterocycles. The summed E-state index contributed by atoms with van der Waals surface area (Å²) < 4.78 is 0. The van der Waals surface area contributed by atoms with Gasteiger partial charge in [0, 0.05) is 26.0 Å². The molecule has 7 nitrogen and oxygen atoms in total. The number of carboxylic acids is 1. The standard InChI is InChI=1S/C22H25N5O2S.2ClH/c1-27(14-15-8-10-16(11-9-15)21(28)29)22-24-13-18(30-22)17-5-4-7-20(25-17)26-19-6-2-3-12-23-19;;/h2-7,12-13,15-16H,8-11,14H2,1H3,(H,28,29)(H,23,25,26);2*1H/t15-,16-;;. The van der Waals surface area contributed by atoms with E-state index in [0.29, 0.717) is 5.92 Å². The van der Waals surface area contributed by atoms with Crippen LogP contribution in [0.2, 0.25) is 0 Å². The second kappa shape index (κ2) is 12.0. The zero-order valence-electron chi connectivity index (χ0n) is 17.7. The van der Waals surface area contributed by atoms with Crippen LogP contribution in [-0.4, -0.2) is 39.6 Å². The molecule has 0 aromatic carbocycles. The van der Waals surface area contributed by atoms with Crippen LogP contribution in [0.4, 0.5) is 16.8 Å². The molecule has 2 N–H and O–H groups in total. The Hall–Kier alpha value is -2.42. The summed E-state index contributed by atoms with van der Waals surface area (Å²) in [5, 5.41) is 13.3. The lowest BCUT2D eigenvalue weighted by Crippen LogP contribution is -2.30. The molecule has 0 bridgehead atoms. The minimum Gasteiger partial charge on any atom is -0.481 e. The van der Waals surface area contributed by atoms with Gasteiger partial charge in [-0.1, -0.05) is 23.5 Å². The minimum atomic E-state index is -0.654. The number of thiazole rings is 1. The van der Waals surface area contributed by atoms with Crippen molar-refractivity contribution in [3.05, 3.63) is 48.8 Å². The predicted molar refractivity (Wildman–Crippen MR) is 134 cm³/mol. The van der Waals surface area contributed by atoms with Crippen LogP contribution in [0.15, 0.2) is 48.8 Å². The van der Waals surface area contributed by atoms with E-state index in [1.807, 2.05) is 42.6 Å². The van der Waals surface area contributed by atoms with Gasteiger partial charge in [0.1, 0.15) is 11.6 Å². The van der Waals surface area contributed by atoms with E-state index in [1.54, 1.807) is 17.5 Å². The number of hydrogen-bond acceptors (Lipinski definition) is 7. The van der Waals surface area contributed by atoms with Crippen LogP contribution in [-0.2, 0) is 4.79 Å². The van der Waals surface area contributed by atoms with Crippen LogP contribution in [0, 0.1) is 11.8 Å². The van der Waals surface area contributed by atoms with Gasteiger partial charge >= 0.3 is 5.97 Å². The summed E-state index contributed by atoms with van der Waals surface area (Å²) in [6.07, 6.45) is 7.08. The molecule has 0 radical (unpaired) electrons. The van der Waals surface area contributed by atoms with E-state index < -0.39 is 5.97 Å². The van der Waals surface area contributed by atoms with Gasteiger partial charge in [0.25, 0.3) is 0 Å². The maximum Gasteiger partial charge on any atom is 0.306 e. The van der Waals surface area contributed by atoms with E-state index in [1.165, 1.54) is 0 Å². The highest BCUT2D eigenvalue weighted by Crippen LogP contribution is 2.33. The van der Waals surface area contributed by atoms with Gasteiger partial charge < -0.3 is 15.3 Å². The Labute approximate surface area is 204 Å². The number of pyridine rings is 2. The molecule has 4 rings (SSSR count). The number of aliphatic carboxylic acids is 1. The minimum absolute atomic E-state index is 0. The fourth-order valence-corrected chi connectivity index (χ4v) is 4.68. The van der Waals surface area contributed by atoms with Crippen molar-refractivity contribution in [1.82, 2.24) is 15.0 Å². The Morgan fingerprint density at radius 3 is 2.53 bits per heavy atom. The quantitative estimate of drug-likeness (QED) is 0.445. The largest absolute Gasteiger partial charge is 0.481 e. The van der Waals surface area contributed by atoms with Crippen LogP contribution in [0.1, 0.15) is 25.7 Å². The molecular formula is C22H27Cl2N5O2S. The first-order valence-corrected chi connectivity index (χ1v) is 11.0. The second-order valence-electron chi connectivity index (χ2n) is 7.69. The molecule has 0 atom stereocenters. The average Bonchev–Trinajstić information content (AvgIpc) is 3.26. The molecule has 32 heavy (non-hydrogen) atoms. The summed E-state index contributed by atoms with van der Waals surface area (Å²) in [5.41, 5.74) is 0.870. The number of rotatable bonds is 7. The molecule has 3 aromatic heterocycles. The second-order valence-corrected chi connectivity index (χ2v) is 8.70. The number of halogens is 2. The van der Waals surface area contributed by atoms with Crippen molar-refractivity contribution in [3.63, 3.8) is 0 Å². The smallest absolute Gasteiger partial charge is 0.306 e. The lowest BCUT2D eigenvalue weighted by atomic mass is 9.82. The normalized spacial score (nSPS) is 17.5. The fourth-order valence-electron chi connectivity index (χ4n) is 3.83. The van der Waals surface area contributed by atoms with Gasteiger partial charge in [-0.2, -0.15) is 0 Å². The first-order valence-electron chi connectivity index (χ1n) is 10.1. The number of nitrogens with one attached hydrogen (secondary N) is 1. The van der Waals surface area contributed by atoms with Gasteiger partial charge in [-0.15, -0.1) is 24.8 Å². The number of carboxylic acid groups (broad SMARTS) is 1. The summed E-state index contributed by atoms with van der Waals surface area (Å²) >= 11 is 1.62. The summed E-state index contributed by atoms with van der Waals surface area (Å²) in [6, 6.07) is 11.6. The van der Waals surface area contributed by atoms with E-state index in [2.05, 4.69) is 27.2 Å².